The molecule has 0 spiro atoms. The van der Waals surface area contributed by atoms with E-state index in [0.717, 1.165) is 66.0 Å². The van der Waals surface area contributed by atoms with Gasteiger partial charge in [-0.2, -0.15) is 0 Å². The van der Waals surface area contributed by atoms with Gasteiger partial charge in [-0.25, -0.2) is 9.97 Å². The van der Waals surface area contributed by atoms with Crippen molar-refractivity contribution in [3.8, 4) is 0 Å². The molecule has 4 N–H and O–H groups in total. The number of rotatable bonds is 12. The molecule has 3 heterocycles. The average molecular weight is 554 g/mol. The van der Waals surface area contributed by atoms with Gasteiger partial charge in [0.15, 0.2) is 0 Å². The molecule has 8 heteroatoms. The van der Waals surface area contributed by atoms with Crippen LogP contribution in [-0.4, -0.2) is 53.8 Å². The molecule has 1 aliphatic carbocycles. The first-order valence-corrected chi connectivity index (χ1v) is 15.5. The van der Waals surface area contributed by atoms with Crippen molar-refractivity contribution in [1.29, 1.82) is 5.41 Å². The Morgan fingerprint density at radius 2 is 1.93 bits per heavy atom. The Kier molecular flexibility index (Phi) is 8.66. The van der Waals surface area contributed by atoms with Crippen molar-refractivity contribution >= 4 is 45.0 Å². The Morgan fingerprint density at radius 3 is 2.77 bits per heavy atom. The number of thiophene rings is 1. The largest absolute Gasteiger partial charge is 0.380 e. The molecule has 1 saturated heterocycles. The van der Waals surface area contributed by atoms with E-state index in [2.05, 4.69) is 49.0 Å². The summed E-state index contributed by atoms with van der Waals surface area (Å²) in [4.78, 5) is 14.4. The van der Waals surface area contributed by atoms with Crippen LogP contribution in [0.5, 0.6) is 0 Å². The van der Waals surface area contributed by atoms with Gasteiger partial charge in [0.25, 0.3) is 0 Å². The Balaban J connectivity index is 1.09. The van der Waals surface area contributed by atoms with Crippen molar-refractivity contribution in [1.82, 2.24) is 20.2 Å². The van der Waals surface area contributed by atoms with Crippen molar-refractivity contribution in [2.45, 2.75) is 45.1 Å². The minimum Gasteiger partial charge on any atom is -0.380 e. The zero-order valence-corrected chi connectivity index (χ0v) is 23.9. The van der Waals surface area contributed by atoms with E-state index in [0.29, 0.717) is 0 Å². The second-order valence-electron chi connectivity index (χ2n) is 11.0. The second kappa shape index (κ2) is 12.9. The summed E-state index contributed by atoms with van der Waals surface area (Å²) in [5.74, 6) is 1.60. The summed E-state index contributed by atoms with van der Waals surface area (Å²) in [6, 6.07) is 16.4. The Morgan fingerprint density at radius 1 is 1.05 bits per heavy atom. The molecule has 0 bridgehead atoms. The van der Waals surface area contributed by atoms with E-state index >= 15 is 0 Å². The smallest absolute Gasteiger partial charge is 0.142 e. The highest BCUT2D eigenvalue weighted by Gasteiger charge is 2.25. The minimum atomic E-state index is 0.720. The third-order valence-electron chi connectivity index (χ3n) is 8.28. The first-order chi connectivity index (χ1) is 19.8. The first kappa shape index (κ1) is 26.9. The summed E-state index contributed by atoms with van der Waals surface area (Å²) >= 11 is 1.84. The van der Waals surface area contributed by atoms with Crippen LogP contribution in [0.2, 0.25) is 0 Å². The maximum Gasteiger partial charge on any atom is 0.142 e. The van der Waals surface area contributed by atoms with Crippen LogP contribution < -0.4 is 16.0 Å². The zero-order chi connectivity index (χ0) is 27.1. The summed E-state index contributed by atoms with van der Waals surface area (Å²) < 4.78 is 0. The van der Waals surface area contributed by atoms with E-state index in [1.54, 1.807) is 6.33 Å². The molecule has 2 aromatic carbocycles. The number of fused-ring (bicyclic) bond motifs is 3. The van der Waals surface area contributed by atoms with E-state index < -0.39 is 0 Å². The highest BCUT2D eigenvalue weighted by Crippen LogP contribution is 2.41. The molecule has 6 rings (SSSR count). The number of anilines is 3. The third kappa shape index (κ3) is 6.35. The number of hydrogen-bond acceptors (Lipinski definition) is 8. The van der Waals surface area contributed by atoms with E-state index in [1.807, 2.05) is 41.7 Å². The summed E-state index contributed by atoms with van der Waals surface area (Å²) in [7, 11) is 0. The van der Waals surface area contributed by atoms with Gasteiger partial charge >= 0.3 is 0 Å². The van der Waals surface area contributed by atoms with Crippen LogP contribution in [-0.2, 0) is 19.4 Å². The molecule has 1 aliphatic heterocycles. The van der Waals surface area contributed by atoms with Crippen LogP contribution in [0.4, 0.5) is 17.2 Å². The molecule has 4 aromatic rings. The molecule has 40 heavy (non-hydrogen) atoms. The second-order valence-corrected chi connectivity index (χ2v) is 12.1. The highest BCUT2D eigenvalue weighted by atomic mass is 32.1. The number of nitrogens with one attached hydrogen (secondary N) is 4. The average Bonchev–Trinajstić information content (AvgIpc) is 3.65. The molecule has 7 nitrogen and oxygen atoms in total. The van der Waals surface area contributed by atoms with E-state index in [9.17, 15) is 0 Å². The quantitative estimate of drug-likeness (QED) is 0.123. The van der Waals surface area contributed by atoms with Crippen LogP contribution in [0.3, 0.4) is 0 Å². The van der Waals surface area contributed by atoms with Crippen LogP contribution >= 0.6 is 11.3 Å². The molecular formula is C32H39N7S. The molecule has 0 saturated carbocycles. The maximum absolute atomic E-state index is 7.98. The predicted molar refractivity (Wildman–Crippen MR) is 167 cm³/mol. The summed E-state index contributed by atoms with van der Waals surface area (Å²) in [5, 5.41) is 19.9. The summed E-state index contributed by atoms with van der Waals surface area (Å²) in [6.45, 7) is 6.68. The fourth-order valence-corrected chi connectivity index (χ4v) is 7.35. The molecule has 1 atom stereocenters. The van der Waals surface area contributed by atoms with Gasteiger partial charge in [-0.15, -0.1) is 11.3 Å². The highest BCUT2D eigenvalue weighted by molar-refractivity contribution is 7.19. The van der Waals surface area contributed by atoms with Crippen molar-refractivity contribution in [3.05, 3.63) is 76.4 Å². The number of aryl methyl sites for hydroxylation is 1. The Bertz CT molecular complexity index is 1430. The lowest BCUT2D eigenvalue weighted by Gasteiger charge is -2.23. The molecule has 1 unspecified atom stereocenters. The van der Waals surface area contributed by atoms with Gasteiger partial charge < -0.3 is 26.3 Å². The van der Waals surface area contributed by atoms with Crippen molar-refractivity contribution in [2.75, 3.05) is 43.4 Å². The zero-order valence-electron chi connectivity index (χ0n) is 23.1. The number of likely N-dealkylation sites (tertiary alicyclic amines) is 1. The first-order valence-electron chi connectivity index (χ1n) is 14.6. The number of nitrogens with zero attached hydrogens (tertiary/aromatic N) is 3. The standard InChI is InChI=1S/C32H39N7S/c33-20-25-19-26(9-11-28(25)35-21-24-6-2-1-3-7-24)38-31-30-27-10-8-23(18-29(27)40-32(30)37-22-36-31)12-13-34-14-17-39-15-4-5-16-39/h1-3,6-7,9,11,19-20,22-23,33-35H,4-5,8,10,12-18,21H2,(H,36,37,38). The van der Waals surface area contributed by atoms with Gasteiger partial charge in [0.1, 0.15) is 17.0 Å². The lowest BCUT2D eigenvalue weighted by atomic mass is 9.86. The Labute approximate surface area is 240 Å². The van der Waals surface area contributed by atoms with Crippen LogP contribution in [0, 0.1) is 11.3 Å². The van der Waals surface area contributed by atoms with Crippen LogP contribution in [0.25, 0.3) is 10.2 Å². The van der Waals surface area contributed by atoms with Crippen LogP contribution in [0.15, 0.2) is 54.9 Å². The van der Waals surface area contributed by atoms with Crippen molar-refractivity contribution in [2.24, 2.45) is 5.92 Å². The Hall–Kier alpha value is -3.33. The topological polar surface area (TPSA) is 89.0 Å². The molecule has 0 amide bonds. The lowest BCUT2D eigenvalue weighted by molar-refractivity contribution is 0.331. The monoisotopic (exact) mass is 553 g/mol. The van der Waals surface area contributed by atoms with Gasteiger partial charge in [-0.1, -0.05) is 30.3 Å². The summed E-state index contributed by atoms with van der Waals surface area (Å²) in [6.07, 6.45) is 10.5. The number of hydrogen-bond donors (Lipinski definition) is 4. The number of benzene rings is 2. The third-order valence-corrected chi connectivity index (χ3v) is 9.44. The van der Waals surface area contributed by atoms with Gasteiger partial charge in [0, 0.05) is 47.7 Å². The van der Waals surface area contributed by atoms with E-state index in [-0.39, 0.29) is 0 Å². The SMILES string of the molecule is N=Cc1cc(Nc2ncnc3sc4c(c23)CCC(CCNCCN2CCCC2)C4)ccc1NCc1ccccc1. The maximum atomic E-state index is 7.98. The lowest BCUT2D eigenvalue weighted by Crippen LogP contribution is -2.31. The summed E-state index contributed by atoms with van der Waals surface area (Å²) in [5.41, 5.74) is 5.35. The molecule has 1 fully saturated rings. The van der Waals surface area contributed by atoms with E-state index in [1.165, 1.54) is 72.9 Å². The fourth-order valence-electron chi connectivity index (χ4n) is 6.05. The molecule has 208 valence electrons. The predicted octanol–water partition coefficient (Wildman–Crippen LogP) is 6.23. The molecule has 2 aromatic heterocycles. The van der Waals surface area contributed by atoms with Crippen molar-refractivity contribution in [3.63, 3.8) is 0 Å². The fraction of sp³-hybridized carbons (Fsp3) is 0.406. The van der Waals surface area contributed by atoms with Gasteiger partial charge in [0.05, 0.1) is 5.39 Å². The molecule has 2 aliphatic rings. The number of aromatic nitrogens is 2. The minimum absolute atomic E-state index is 0.720. The van der Waals surface area contributed by atoms with Gasteiger partial charge in [-0.3, -0.25) is 0 Å². The van der Waals surface area contributed by atoms with Gasteiger partial charge in [0.2, 0.25) is 0 Å². The molecule has 0 radical (unpaired) electrons. The normalized spacial score (nSPS) is 17.1. The van der Waals surface area contributed by atoms with Crippen LogP contribution in [0.1, 0.15) is 47.3 Å². The van der Waals surface area contributed by atoms with Crippen molar-refractivity contribution < 1.29 is 0 Å². The molecular weight excluding hydrogens is 514 g/mol. The van der Waals surface area contributed by atoms with Gasteiger partial charge in [-0.05, 0) is 93.4 Å². The van der Waals surface area contributed by atoms with E-state index in [4.69, 9.17) is 5.41 Å².